The molecule has 10 heteroatoms. The minimum atomic E-state index is -3.73. The van der Waals surface area contributed by atoms with E-state index < -0.39 is 28.5 Å². The van der Waals surface area contributed by atoms with Crippen LogP contribution in [0.25, 0.3) is 0 Å². The van der Waals surface area contributed by atoms with Crippen LogP contribution in [0.5, 0.6) is 5.75 Å². The van der Waals surface area contributed by atoms with Crippen molar-refractivity contribution >= 4 is 50.1 Å². The minimum absolute atomic E-state index is 0.141. The van der Waals surface area contributed by atoms with E-state index in [1.165, 1.54) is 11.9 Å². The van der Waals surface area contributed by atoms with Gasteiger partial charge in [-0.25, -0.2) is 8.42 Å². The molecular formula is C21H26IN3O5S. The summed E-state index contributed by atoms with van der Waals surface area (Å²) in [6, 6.07) is 13.1. The van der Waals surface area contributed by atoms with E-state index >= 15 is 0 Å². The van der Waals surface area contributed by atoms with E-state index in [-0.39, 0.29) is 12.5 Å². The molecule has 2 rings (SSSR count). The Morgan fingerprint density at radius 2 is 1.68 bits per heavy atom. The predicted molar refractivity (Wildman–Crippen MR) is 128 cm³/mol. The number of rotatable bonds is 9. The fourth-order valence-corrected chi connectivity index (χ4v) is 4.15. The van der Waals surface area contributed by atoms with Crippen LogP contribution < -0.4 is 14.4 Å². The second-order valence-electron chi connectivity index (χ2n) is 6.91. The Hall–Kier alpha value is -2.34. The fraction of sp³-hybridized carbons (Fsp3) is 0.333. The number of carbonyl (C=O) groups is 2. The molecular weight excluding hydrogens is 533 g/mol. The molecule has 2 aromatic carbocycles. The van der Waals surface area contributed by atoms with Crippen LogP contribution >= 0.6 is 22.6 Å². The third kappa shape index (κ3) is 6.82. The summed E-state index contributed by atoms with van der Waals surface area (Å²) in [5.41, 5.74) is 1.17. The number of likely N-dealkylation sites (N-methyl/N-ethyl adjacent to an activating group) is 1. The molecule has 0 heterocycles. The van der Waals surface area contributed by atoms with Crippen LogP contribution in [-0.2, 0) is 26.2 Å². The Bertz CT molecular complexity index is 1010. The van der Waals surface area contributed by atoms with Gasteiger partial charge in [-0.05, 0) is 71.5 Å². The van der Waals surface area contributed by atoms with E-state index in [1.54, 1.807) is 62.6 Å². The fourth-order valence-electron chi connectivity index (χ4n) is 2.94. The van der Waals surface area contributed by atoms with Crippen molar-refractivity contribution in [3.63, 3.8) is 0 Å². The van der Waals surface area contributed by atoms with Gasteiger partial charge in [-0.15, -0.1) is 0 Å². The maximum atomic E-state index is 13.2. The van der Waals surface area contributed by atoms with Crippen molar-refractivity contribution in [3.05, 3.63) is 57.7 Å². The molecule has 1 N–H and O–H groups in total. The van der Waals surface area contributed by atoms with E-state index in [1.807, 2.05) is 0 Å². The Morgan fingerprint density at radius 3 is 2.16 bits per heavy atom. The van der Waals surface area contributed by atoms with Gasteiger partial charge in [0.05, 0.1) is 19.1 Å². The van der Waals surface area contributed by atoms with Gasteiger partial charge in [0.1, 0.15) is 18.3 Å². The third-order valence-corrected chi connectivity index (χ3v) is 6.58. The maximum Gasteiger partial charge on any atom is 0.244 e. The van der Waals surface area contributed by atoms with Crippen molar-refractivity contribution in [1.82, 2.24) is 10.2 Å². The lowest BCUT2D eigenvalue weighted by Gasteiger charge is -2.31. The van der Waals surface area contributed by atoms with Gasteiger partial charge in [0.15, 0.2) is 0 Å². The van der Waals surface area contributed by atoms with Crippen LogP contribution in [-0.4, -0.2) is 58.1 Å². The molecule has 2 aromatic rings. The Balaban J connectivity index is 2.34. The molecule has 0 aliphatic rings. The lowest BCUT2D eigenvalue weighted by molar-refractivity contribution is -0.139. The summed E-state index contributed by atoms with van der Waals surface area (Å²) in [7, 11) is -0.679. The summed E-state index contributed by atoms with van der Waals surface area (Å²) in [4.78, 5) is 26.9. The highest BCUT2D eigenvalue weighted by Crippen LogP contribution is 2.21. The molecule has 2 amide bonds. The normalized spacial score (nSPS) is 12.0. The van der Waals surface area contributed by atoms with Crippen LogP contribution in [0.4, 0.5) is 5.69 Å². The van der Waals surface area contributed by atoms with Gasteiger partial charge in [-0.2, -0.15) is 0 Å². The van der Waals surface area contributed by atoms with Gasteiger partial charge in [0, 0.05) is 17.2 Å². The number of carbonyl (C=O) groups excluding carboxylic acids is 2. The van der Waals surface area contributed by atoms with Crippen LogP contribution in [0.2, 0.25) is 0 Å². The van der Waals surface area contributed by atoms with E-state index in [0.29, 0.717) is 11.4 Å². The summed E-state index contributed by atoms with van der Waals surface area (Å²) < 4.78 is 32.0. The summed E-state index contributed by atoms with van der Waals surface area (Å²) in [5.74, 6) is -0.166. The second kappa shape index (κ2) is 10.8. The average molecular weight is 559 g/mol. The number of anilines is 1. The number of benzene rings is 2. The highest BCUT2D eigenvalue weighted by Gasteiger charge is 2.29. The molecule has 31 heavy (non-hydrogen) atoms. The molecule has 0 aliphatic heterocycles. The van der Waals surface area contributed by atoms with Crippen LogP contribution in [0, 0.1) is 3.57 Å². The van der Waals surface area contributed by atoms with Gasteiger partial charge < -0.3 is 15.0 Å². The van der Waals surface area contributed by atoms with Crippen molar-refractivity contribution in [1.29, 1.82) is 0 Å². The molecule has 0 fully saturated rings. The third-order valence-electron chi connectivity index (χ3n) is 4.72. The highest BCUT2D eigenvalue weighted by molar-refractivity contribution is 14.1. The standard InChI is InChI=1S/C21H26IN3O5S/c1-15(21(27)23-2)24(13-16-5-11-19(30-3)12-6-16)20(26)14-25(31(4,28)29)18-9-7-17(22)8-10-18/h5-12,15H,13-14H2,1-4H3,(H,23,27)/t15-/m0/s1. The van der Waals surface area contributed by atoms with E-state index in [0.717, 1.165) is 19.7 Å². The smallest absolute Gasteiger partial charge is 0.244 e. The summed E-state index contributed by atoms with van der Waals surface area (Å²) >= 11 is 2.12. The molecule has 0 unspecified atom stereocenters. The van der Waals surface area contributed by atoms with Gasteiger partial charge >= 0.3 is 0 Å². The summed E-state index contributed by atoms with van der Waals surface area (Å²) in [6.45, 7) is 1.33. The van der Waals surface area contributed by atoms with Crippen molar-refractivity contribution in [2.75, 3.05) is 31.3 Å². The molecule has 8 nitrogen and oxygen atoms in total. The quantitative estimate of drug-likeness (QED) is 0.476. The number of hydrogen-bond donors (Lipinski definition) is 1. The number of ether oxygens (including phenoxy) is 1. The number of amides is 2. The lowest BCUT2D eigenvalue weighted by atomic mass is 10.1. The Labute approximate surface area is 196 Å². The van der Waals surface area contributed by atoms with Crippen LogP contribution in [0.1, 0.15) is 12.5 Å². The predicted octanol–water partition coefficient (Wildman–Crippen LogP) is 2.23. The number of halogens is 1. The zero-order valence-corrected chi connectivity index (χ0v) is 20.8. The first kappa shape index (κ1) is 24.9. The van der Waals surface area contributed by atoms with Crippen LogP contribution in [0.15, 0.2) is 48.5 Å². The topological polar surface area (TPSA) is 96.0 Å². The number of sulfonamides is 1. The zero-order valence-electron chi connectivity index (χ0n) is 17.8. The lowest BCUT2D eigenvalue weighted by Crippen LogP contribution is -2.50. The number of hydrogen-bond acceptors (Lipinski definition) is 5. The first-order valence-electron chi connectivity index (χ1n) is 9.44. The zero-order chi connectivity index (χ0) is 23.2. The van der Waals surface area contributed by atoms with E-state index in [4.69, 9.17) is 4.74 Å². The molecule has 168 valence electrons. The van der Waals surface area contributed by atoms with Crippen LogP contribution in [0.3, 0.4) is 0 Å². The molecule has 0 aliphatic carbocycles. The van der Waals surface area contributed by atoms with Gasteiger partial charge in [0.25, 0.3) is 0 Å². The summed E-state index contributed by atoms with van der Waals surface area (Å²) in [5, 5.41) is 2.54. The number of nitrogens with zero attached hydrogens (tertiary/aromatic N) is 2. The largest absolute Gasteiger partial charge is 0.497 e. The van der Waals surface area contributed by atoms with Gasteiger partial charge in [0.2, 0.25) is 21.8 Å². The SMILES string of the molecule is CNC(=O)[C@H](C)N(Cc1ccc(OC)cc1)C(=O)CN(c1ccc(I)cc1)S(C)(=O)=O. The van der Waals surface area contributed by atoms with Crippen molar-refractivity contribution < 1.29 is 22.7 Å². The first-order chi connectivity index (χ1) is 14.6. The maximum absolute atomic E-state index is 13.2. The monoisotopic (exact) mass is 559 g/mol. The molecule has 0 bridgehead atoms. The molecule has 0 radical (unpaired) electrons. The number of methoxy groups -OCH3 is 1. The second-order valence-corrected chi connectivity index (χ2v) is 10.1. The van der Waals surface area contributed by atoms with Crippen molar-refractivity contribution in [3.8, 4) is 5.75 Å². The Kier molecular flexibility index (Phi) is 8.69. The molecule has 0 spiro atoms. The summed E-state index contributed by atoms with van der Waals surface area (Å²) in [6.07, 6.45) is 1.05. The van der Waals surface area contributed by atoms with Gasteiger partial charge in [-0.3, -0.25) is 13.9 Å². The molecule has 0 saturated heterocycles. The van der Waals surface area contributed by atoms with E-state index in [9.17, 15) is 18.0 Å². The van der Waals surface area contributed by atoms with Crippen molar-refractivity contribution in [2.24, 2.45) is 0 Å². The number of nitrogens with one attached hydrogen (secondary N) is 1. The molecule has 0 saturated carbocycles. The molecule has 1 atom stereocenters. The Morgan fingerprint density at radius 1 is 1.10 bits per heavy atom. The van der Waals surface area contributed by atoms with Gasteiger partial charge in [-0.1, -0.05) is 12.1 Å². The first-order valence-corrected chi connectivity index (χ1v) is 12.4. The van der Waals surface area contributed by atoms with E-state index in [2.05, 4.69) is 27.9 Å². The van der Waals surface area contributed by atoms with Crippen molar-refractivity contribution in [2.45, 2.75) is 19.5 Å². The molecule has 0 aromatic heterocycles. The average Bonchev–Trinajstić information content (AvgIpc) is 2.75. The minimum Gasteiger partial charge on any atom is -0.497 e. The highest BCUT2D eigenvalue weighted by atomic mass is 127.